The number of aliphatic carboxylic acids is 1. The minimum absolute atomic E-state index is 0.109. The monoisotopic (exact) mass is 394 g/mol. The molecule has 1 aromatic carbocycles. The van der Waals surface area contributed by atoms with Crippen molar-refractivity contribution in [2.75, 3.05) is 19.0 Å². The van der Waals surface area contributed by atoms with Gasteiger partial charge in [-0.1, -0.05) is 15.9 Å². The highest BCUT2D eigenvalue weighted by atomic mass is 79.9. The molecule has 3 N–H and O–H groups in total. The first-order valence-electron chi connectivity index (χ1n) is 5.18. The topological polar surface area (TPSA) is 87.7 Å². The van der Waals surface area contributed by atoms with Gasteiger partial charge in [-0.3, -0.25) is 0 Å². The lowest BCUT2D eigenvalue weighted by molar-refractivity contribution is -0.140. The van der Waals surface area contributed by atoms with Crippen LogP contribution in [0.25, 0.3) is 0 Å². The Morgan fingerprint density at radius 3 is 2.68 bits per heavy atom. The van der Waals surface area contributed by atoms with Crippen LogP contribution in [0.15, 0.2) is 27.1 Å². The number of carbonyl (C=O) groups excluding carboxylic acids is 1. The summed E-state index contributed by atoms with van der Waals surface area (Å²) >= 11 is 6.56. The summed E-state index contributed by atoms with van der Waals surface area (Å²) in [6.45, 7) is -0.109. The highest BCUT2D eigenvalue weighted by Crippen LogP contribution is 2.25. The number of hydrogen-bond donors (Lipinski definition) is 3. The lowest BCUT2D eigenvalue weighted by atomic mass is 10.3. The average molecular weight is 396 g/mol. The Morgan fingerprint density at radius 1 is 1.42 bits per heavy atom. The van der Waals surface area contributed by atoms with E-state index in [2.05, 4.69) is 42.5 Å². The fourth-order valence-corrected chi connectivity index (χ4v) is 1.96. The van der Waals surface area contributed by atoms with Crippen LogP contribution in [-0.2, 0) is 9.53 Å². The zero-order valence-electron chi connectivity index (χ0n) is 9.94. The fourth-order valence-electron chi connectivity index (χ4n) is 1.25. The van der Waals surface area contributed by atoms with E-state index in [-0.39, 0.29) is 6.61 Å². The van der Waals surface area contributed by atoms with Crippen LogP contribution in [-0.4, -0.2) is 36.9 Å². The minimum atomic E-state index is -1.16. The van der Waals surface area contributed by atoms with E-state index >= 15 is 0 Å². The second kappa shape index (κ2) is 7.46. The van der Waals surface area contributed by atoms with Gasteiger partial charge in [0.25, 0.3) is 0 Å². The Labute approximate surface area is 126 Å². The molecule has 0 saturated heterocycles. The Hall–Kier alpha value is -1.12. The number of carboxylic acids is 1. The number of anilines is 1. The van der Waals surface area contributed by atoms with Crippen LogP contribution in [0.4, 0.5) is 10.5 Å². The van der Waals surface area contributed by atoms with Crippen molar-refractivity contribution in [1.29, 1.82) is 0 Å². The van der Waals surface area contributed by atoms with E-state index in [1.807, 2.05) is 0 Å². The molecule has 2 amide bonds. The van der Waals surface area contributed by atoms with E-state index in [1.165, 1.54) is 7.11 Å². The van der Waals surface area contributed by atoms with Gasteiger partial charge in [-0.05, 0) is 34.1 Å². The number of urea groups is 1. The number of benzene rings is 1. The maximum atomic E-state index is 11.7. The van der Waals surface area contributed by atoms with E-state index < -0.39 is 18.0 Å². The van der Waals surface area contributed by atoms with Gasteiger partial charge in [0.05, 0.1) is 12.3 Å². The van der Waals surface area contributed by atoms with Crippen molar-refractivity contribution >= 4 is 49.5 Å². The molecule has 0 heterocycles. The van der Waals surface area contributed by atoms with E-state index in [4.69, 9.17) is 9.84 Å². The summed E-state index contributed by atoms with van der Waals surface area (Å²) in [7, 11) is 1.36. The smallest absolute Gasteiger partial charge is 0.328 e. The van der Waals surface area contributed by atoms with Crippen molar-refractivity contribution in [2.45, 2.75) is 6.04 Å². The Kier molecular flexibility index (Phi) is 6.26. The quantitative estimate of drug-likeness (QED) is 0.714. The molecule has 0 aliphatic heterocycles. The van der Waals surface area contributed by atoms with Crippen LogP contribution in [0, 0.1) is 0 Å². The summed E-state index contributed by atoms with van der Waals surface area (Å²) in [5, 5.41) is 13.7. The molecule has 104 valence electrons. The Morgan fingerprint density at radius 2 is 2.11 bits per heavy atom. The molecule has 0 aromatic heterocycles. The van der Waals surface area contributed by atoms with Gasteiger partial charge in [0, 0.05) is 16.1 Å². The van der Waals surface area contributed by atoms with Gasteiger partial charge in [0.15, 0.2) is 6.04 Å². The molecule has 0 aliphatic rings. The number of carboxylic acid groups (broad SMARTS) is 1. The first-order chi connectivity index (χ1) is 8.93. The van der Waals surface area contributed by atoms with E-state index in [1.54, 1.807) is 18.2 Å². The molecule has 8 heteroatoms. The second-order valence-corrected chi connectivity index (χ2v) is 5.34. The molecule has 1 aromatic rings. The number of hydrogen-bond acceptors (Lipinski definition) is 3. The second-order valence-electron chi connectivity index (χ2n) is 3.57. The molecule has 1 unspecified atom stereocenters. The summed E-state index contributed by atoms with van der Waals surface area (Å²) in [5.74, 6) is -1.16. The van der Waals surface area contributed by atoms with Crippen molar-refractivity contribution in [2.24, 2.45) is 0 Å². The van der Waals surface area contributed by atoms with Gasteiger partial charge in [-0.2, -0.15) is 0 Å². The minimum Gasteiger partial charge on any atom is -0.480 e. The van der Waals surface area contributed by atoms with Gasteiger partial charge in [0.1, 0.15) is 0 Å². The van der Waals surface area contributed by atoms with Crippen LogP contribution in [0.5, 0.6) is 0 Å². The number of amides is 2. The first kappa shape index (κ1) is 15.9. The van der Waals surface area contributed by atoms with Crippen molar-refractivity contribution < 1.29 is 19.4 Å². The van der Waals surface area contributed by atoms with Gasteiger partial charge in [0.2, 0.25) is 0 Å². The standard InChI is InChI=1S/C11H12Br2N2O4/c1-19-5-9(10(16)17)15-11(18)14-8-4-6(12)2-3-7(8)13/h2-4,9H,5H2,1H3,(H,16,17)(H2,14,15,18). The molecule has 0 aliphatic carbocycles. The fraction of sp³-hybridized carbons (Fsp3) is 0.273. The van der Waals surface area contributed by atoms with Gasteiger partial charge in [-0.15, -0.1) is 0 Å². The molecule has 0 radical (unpaired) electrons. The molecular weight excluding hydrogens is 384 g/mol. The molecule has 1 atom stereocenters. The summed E-state index contributed by atoms with van der Waals surface area (Å²) < 4.78 is 6.19. The molecular formula is C11H12Br2N2O4. The van der Waals surface area contributed by atoms with Crippen LogP contribution >= 0.6 is 31.9 Å². The molecule has 1 rings (SSSR count). The number of ether oxygens (including phenoxy) is 1. The number of halogens is 2. The largest absolute Gasteiger partial charge is 0.480 e. The third-order valence-electron chi connectivity index (χ3n) is 2.11. The highest BCUT2D eigenvalue weighted by molar-refractivity contribution is 9.11. The van der Waals surface area contributed by atoms with Crippen LogP contribution in [0.3, 0.4) is 0 Å². The lowest BCUT2D eigenvalue weighted by Crippen LogP contribution is -2.45. The predicted molar refractivity (Wildman–Crippen MR) is 77.3 cm³/mol. The van der Waals surface area contributed by atoms with Crippen molar-refractivity contribution in [3.63, 3.8) is 0 Å². The molecule has 0 spiro atoms. The maximum absolute atomic E-state index is 11.7. The summed E-state index contributed by atoms with van der Waals surface area (Å²) in [6.07, 6.45) is 0. The van der Waals surface area contributed by atoms with E-state index in [9.17, 15) is 9.59 Å². The third-order valence-corrected chi connectivity index (χ3v) is 3.30. The first-order valence-corrected chi connectivity index (χ1v) is 6.77. The van der Waals surface area contributed by atoms with Crippen molar-refractivity contribution in [3.05, 3.63) is 27.1 Å². The van der Waals surface area contributed by atoms with Crippen LogP contribution in [0.2, 0.25) is 0 Å². The van der Waals surface area contributed by atoms with Crippen molar-refractivity contribution in [1.82, 2.24) is 5.32 Å². The zero-order chi connectivity index (χ0) is 14.4. The lowest BCUT2D eigenvalue weighted by Gasteiger charge is -2.15. The highest BCUT2D eigenvalue weighted by Gasteiger charge is 2.19. The summed E-state index contributed by atoms with van der Waals surface area (Å²) in [5.41, 5.74) is 0.522. The maximum Gasteiger partial charge on any atom is 0.328 e. The number of rotatable bonds is 5. The van der Waals surface area contributed by atoms with E-state index in [0.29, 0.717) is 10.2 Å². The summed E-state index contributed by atoms with van der Waals surface area (Å²) in [6, 6.07) is 3.52. The zero-order valence-corrected chi connectivity index (χ0v) is 13.1. The SMILES string of the molecule is COCC(NC(=O)Nc1cc(Br)ccc1Br)C(=O)O. The molecule has 19 heavy (non-hydrogen) atoms. The number of carbonyl (C=O) groups is 2. The molecule has 0 saturated carbocycles. The van der Waals surface area contributed by atoms with Crippen LogP contribution < -0.4 is 10.6 Å². The van der Waals surface area contributed by atoms with Gasteiger partial charge in [-0.25, -0.2) is 9.59 Å². The normalized spacial score (nSPS) is 11.7. The third kappa shape index (κ3) is 5.17. The van der Waals surface area contributed by atoms with Gasteiger partial charge < -0.3 is 20.5 Å². The number of nitrogens with one attached hydrogen (secondary N) is 2. The van der Waals surface area contributed by atoms with Gasteiger partial charge >= 0.3 is 12.0 Å². The van der Waals surface area contributed by atoms with E-state index in [0.717, 1.165) is 4.47 Å². The average Bonchev–Trinajstić information content (AvgIpc) is 2.33. The molecule has 0 bridgehead atoms. The van der Waals surface area contributed by atoms with Crippen LogP contribution in [0.1, 0.15) is 0 Å². The molecule has 0 fully saturated rings. The predicted octanol–water partition coefficient (Wildman–Crippen LogP) is 2.43. The molecule has 6 nitrogen and oxygen atoms in total. The summed E-state index contributed by atoms with van der Waals surface area (Å²) in [4.78, 5) is 22.5. The Balaban J connectivity index is 2.68. The Bertz CT molecular complexity index is 482. The van der Waals surface area contributed by atoms with Crippen molar-refractivity contribution in [3.8, 4) is 0 Å². The number of methoxy groups -OCH3 is 1.